The van der Waals surface area contributed by atoms with E-state index in [1.54, 1.807) is 0 Å². The summed E-state index contributed by atoms with van der Waals surface area (Å²) in [5.41, 5.74) is 0. The quantitative estimate of drug-likeness (QED) is 0.578. The Morgan fingerprint density at radius 3 is 2.50 bits per heavy atom. The second-order valence-corrected chi connectivity index (χ2v) is 3.75. The molecule has 2 aliphatic rings. The summed E-state index contributed by atoms with van der Waals surface area (Å²) in [7, 11) is 0. The van der Waals surface area contributed by atoms with Crippen LogP contribution in [-0.4, -0.2) is 43.8 Å². The highest BCUT2D eigenvalue weighted by Gasteiger charge is 2.21. The first kappa shape index (κ1) is 8.48. The van der Waals surface area contributed by atoms with Crippen LogP contribution >= 0.6 is 0 Å². The van der Waals surface area contributed by atoms with Crippen LogP contribution in [0, 0.1) is 0 Å². The van der Waals surface area contributed by atoms with Crippen molar-refractivity contribution in [1.29, 1.82) is 0 Å². The number of hydrogen-bond acceptors (Lipinski definition) is 3. The molecule has 2 N–H and O–H groups in total. The van der Waals surface area contributed by atoms with Crippen molar-refractivity contribution in [2.75, 3.05) is 32.7 Å². The molecule has 0 spiro atoms. The van der Waals surface area contributed by atoms with Crippen molar-refractivity contribution in [3.63, 3.8) is 0 Å². The molecule has 0 aromatic carbocycles. The Kier molecular flexibility index (Phi) is 2.98. The van der Waals surface area contributed by atoms with Crippen LogP contribution in [0.1, 0.15) is 19.3 Å². The molecule has 2 fully saturated rings. The van der Waals surface area contributed by atoms with Crippen LogP contribution < -0.4 is 10.6 Å². The van der Waals surface area contributed by atoms with E-state index in [4.69, 9.17) is 0 Å². The largest absolute Gasteiger partial charge is 0.314 e. The van der Waals surface area contributed by atoms with Gasteiger partial charge in [-0.25, -0.2) is 0 Å². The summed E-state index contributed by atoms with van der Waals surface area (Å²) >= 11 is 0. The maximum atomic E-state index is 3.59. The number of piperazine rings is 1. The Morgan fingerprint density at radius 2 is 1.83 bits per heavy atom. The van der Waals surface area contributed by atoms with E-state index < -0.39 is 0 Å². The van der Waals surface area contributed by atoms with Gasteiger partial charge in [-0.05, 0) is 25.8 Å². The Morgan fingerprint density at radius 1 is 1.00 bits per heavy atom. The van der Waals surface area contributed by atoms with Gasteiger partial charge in [0, 0.05) is 26.2 Å². The van der Waals surface area contributed by atoms with Crippen LogP contribution in [0.25, 0.3) is 0 Å². The summed E-state index contributed by atoms with van der Waals surface area (Å²) in [5, 5.41) is 6.97. The van der Waals surface area contributed by atoms with Crippen LogP contribution in [0.15, 0.2) is 0 Å². The molecule has 2 rings (SSSR count). The van der Waals surface area contributed by atoms with Crippen LogP contribution in [0.2, 0.25) is 0 Å². The van der Waals surface area contributed by atoms with E-state index >= 15 is 0 Å². The fourth-order valence-electron chi connectivity index (χ4n) is 2.14. The summed E-state index contributed by atoms with van der Waals surface area (Å²) < 4.78 is 0. The van der Waals surface area contributed by atoms with Gasteiger partial charge in [0.05, 0.1) is 6.17 Å². The first-order chi connectivity index (χ1) is 5.97. The fourth-order valence-corrected chi connectivity index (χ4v) is 2.14. The van der Waals surface area contributed by atoms with Crippen molar-refractivity contribution >= 4 is 0 Å². The molecule has 3 heteroatoms. The van der Waals surface area contributed by atoms with Gasteiger partial charge in [0.25, 0.3) is 0 Å². The minimum atomic E-state index is 0.681. The number of rotatable bonds is 1. The smallest absolute Gasteiger partial charge is 0.0597 e. The molecule has 0 saturated carbocycles. The van der Waals surface area contributed by atoms with Crippen LogP contribution in [-0.2, 0) is 0 Å². The summed E-state index contributed by atoms with van der Waals surface area (Å²) in [6.07, 6.45) is 4.80. The minimum Gasteiger partial charge on any atom is -0.314 e. The van der Waals surface area contributed by atoms with Gasteiger partial charge in [-0.1, -0.05) is 0 Å². The Bertz CT molecular complexity index is 110. The maximum absolute atomic E-state index is 3.59. The number of piperidine rings is 1. The fraction of sp³-hybridized carbons (Fsp3) is 1.00. The van der Waals surface area contributed by atoms with Gasteiger partial charge in [-0.2, -0.15) is 0 Å². The zero-order valence-electron chi connectivity index (χ0n) is 7.68. The second-order valence-electron chi connectivity index (χ2n) is 3.75. The highest BCUT2D eigenvalue weighted by Crippen LogP contribution is 2.11. The molecule has 2 heterocycles. The lowest BCUT2D eigenvalue weighted by Gasteiger charge is -2.37. The first-order valence-electron chi connectivity index (χ1n) is 5.15. The molecule has 70 valence electrons. The molecule has 2 aliphatic heterocycles. The van der Waals surface area contributed by atoms with Crippen LogP contribution in [0.4, 0.5) is 0 Å². The Balaban J connectivity index is 1.80. The molecule has 0 aromatic rings. The molecule has 0 amide bonds. The van der Waals surface area contributed by atoms with Gasteiger partial charge in [0.1, 0.15) is 0 Å². The average Bonchev–Trinajstić information content (AvgIpc) is 2.21. The third-order valence-corrected chi connectivity index (χ3v) is 2.88. The maximum Gasteiger partial charge on any atom is 0.0597 e. The molecular weight excluding hydrogens is 150 g/mol. The predicted octanol–water partition coefficient (Wildman–Crippen LogP) is -0.00880. The van der Waals surface area contributed by atoms with Gasteiger partial charge in [0.2, 0.25) is 0 Å². The predicted molar refractivity (Wildman–Crippen MR) is 50.1 cm³/mol. The highest BCUT2D eigenvalue weighted by atomic mass is 15.3. The van der Waals surface area contributed by atoms with E-state index in [-0.39, 0.29) is 0 Å². The molecule has 1 atom stereocenters. The molecule has 0 radical (unpaired) electrons. The van der Waals surface area contributed by atoms with Crippen molar-refractivity contribution in [2.24, 2.45) is 0 Å². The van der Waals surface area contributed by atoms with Gasteiger partial charge in [0.15, 0.2) is 0 Å². The SMILES string of the molecule is C1CC[C@H](N2CCNCC2)NC1. The van der Waals surface area contributed by atoms with Gasteiger partial charge in [-0.15, -0.1) is 0 Å². The molecule has 2 saturated heterocycles. The van der Waals surface area contributed by atoms with Gasteiger partial charge < -0.3 is 10.6 Å². The van der Waals surface area contributed by atoms with E-state index in [0.717, 1.165) is 13.1 Å². The molecular formula is C9H19N3. The standard InChI is InChI=1S/C9H19N3/c1-2-4-11-9(3-1)12-7-5-10-6-8-12/h9-11H,1-8H2/t9-/m0/s1. The summed E-state index contributed by atoms with van der Waals surface area (Å²) in [4.78, 5) is 2.58. The van der Waals surface area contributed by atoms with E-state index in [0.29, 0.717) is 6.17 Å². The monoisotopic (exact) mass is 169 g/mol. The van der Waals surface area contributed by atoms with Gasteiger partial charge >= 0.3 is 0 Å². The summed E-state index contributed by atoms with van der Waals surface area (Å²) in [6, 6.07) is 0. The van der Waals surface area contributed by atoms with Crippen molar-refractivity contribution in [3.05, 3.63) is 0 Å². The lowest BCUT2D eigenvalue weighted by molar-refractivity contribution is 0.122. The number of nitrogens with zero attached hydrogens (tertiary/aromatic N) is 1. The minimum absolute atomic E-state index is 0.681. The lowest BCUT2D eigenvalue weighted by Crippen LogP contribution is -2.54. The average molecular weight is 169 g/mol. The lowest BCUT2D eigenvalue weighted by atomic mass is 10.1. The second kappa shape index (κ2) is 4.21. The normalized spacial score (nSPS) is 33.5. The number of hydrogen-bond donors (Lipinski definition) is 2. The Hall–Kier alpha value is -0.120. The molecule has 0 unspecified atom stereocenters. The Labute approximate surface area is 74.5 Å². The summed E-state index contributed by atoms with van der Waals surface area (Å²) in [5.74, 6) is 0. The van der Waals surface area contributed by atoms with Crippen molar-refractivity contribution < 1.29 is 0 Å². The third kappa shape index (κ3) is 1.97. The first-order valence-corrected chi connectivity index (χ1v) is 5.15. The zero-order valence-corrected chi connectivity index (χ0v) is 7.68. The highest BCUT2D eigenvalue weighted by molar-refractivity contribution is 4.77. The van der Waals surface area contributed by atoms with E-state index in [2.05, 4.69) is 15.5 Å². The van der Waals surface area contributed by atoms with Crippen molar-refractivity contribution in [1.82, 2.24) is 15.5 Å². The van der Waals surface area contributed by atoms with E-state index in [1.807, 2.05) is 0 Å². The van der Waals surface area contributed by atoms with Crippen LogP contribution in [0.3, 0.4) is 0 Å². The molecule has 12 heavy (non-hydrogen) atoms. The molecule has 0 aliphatic carbocycles. The van der Waals surface area contributed by atoms with Crippen molar-refractivity contribution in [2.45, 2.75) is 25.4 Å². The van der Waals surface area contributed by atoms with Gasteiger partial charge in [-0.3, -0.25) is 4.90 Å². The van der Waals surface area contributed by atoms with E-state index in [1.165, 1.54) is 38.9 Å². The van der Waals surface area contributed by atoms with Crippen molar-refractivity contribution in [3.8, 4) is 0 Å². The molecule has 0 bridgehead atoms. The molecule has 0 aromatic heterocycles. The number of nitrogens with one attached hydrogen (secondary N) is 2. The van der Waals surface area contributed by atoms with E-state index in [9.17, 15) is 0 Å². The third-order valence-electron chi connectivity index (χ3n) is 2.88. The zero-order chi connectivity index (χ0) is 8.23. The summed E-state index contributed by atoms with van der Waals surface area (Å²) in [6.45, 7) is 5.99. The van der Waals surface area contributed by atoms with Crippen LogP contribution in [0.5, 0.6) is 0 Å². The topological polar surface area (TPSA) is 27.3 Å². The molecule has 3 nitrogen and oxygen atoms in total.